The van der Waals surface area contributed by atoms with E-state index in [0.717, 1.165) is 6.54 Å². The van der Waals surface area contributed by atoms with Gasteiger partial charge >= 0.3 is 0 Å². The van der Waals surface area contributed by atoms with Gasteiger partial charge in [-0.2, -0.15) is 0 Å². The largest absolute Gasteiger partial charge is 0.310 e. The molecule has 84 valence electrons. The summed E-state index contributed by atoms with van der Waals surface area (Å²) in [7, 11) is 0. The summed E-state index contributed by atoms with van der Waals surface area (Å²) in [5.74, 6) is 0. The molecule has 1 aromatic carbocycles. The number of hydrogen-bond donors (Lipinski definition) is 1. The highest BCUT2D eigenvalue weighted by Gasteiger charge is 2.18. The van der Waals surface area contributed by atoms with Crippen LogP contribution in [-0.2, 0) is 6.42 Å². The molecular weight excluding hydrogens is 206 g/mol. The maximum atomic E-state index is 3.63. The number of halogens is 1. The molecular formula is C13H20ClN. The van der Waals surface area contributed by atoms with Gasteiger partial charge in [-0.25, -0.2) is 0 Å². The van der Waals surface area contributed by atoms with Gasteiger partial charge in [0.1, 0.15) is 0 Å². The van der Waals surface area contributed by atoms with Gasteiger partial charge in [-0.15, -0.1) is 12.4 Å². The molecule has 0 aliphatic heterocycles. The molecule has 0 bridgehead atoms. The zero-order valence-corrected chi connectivity index (χ0v) is 10.1. The van der Waals surface area contributed by atoms with Crippen molar-refractivity contribution in [3.05, 3.63) is 35.4 Å². The molecule has 1 unspecified atom stereocenters. The molecule has 2 rings (SSSR count). The number of nitrogens with one attached hydrogen (secondary N) is 1. The van der Waals surface area contributed by atoms with Gasteiger partial charge in [0.2, 0.25) is 0 Å². The van der Waals surface area contributed by atoms with Crippen molar-refractivity contribution in [3.63, 3.8) is 0 Å². The molecule has 0 saturated heterocycles. The van der Waals surface area contributed by atoms with Crippen LogP contribution in [0, 0.1) is 0 Å². The van der Waals surface area contributed by atoms with Crippen LogP contribution in [0.1, 0.15) is 43.4 Å². The van der Waals surface area contributed by atoms with E-state index in [1.54, 1.807) is 5.56 Å². The first-order valence-electron chi connectivity index (χ1n) is 5.73. The van der Waals surface area contributed by atoms with Gasteiger partial charge in [0.15, 0.2) is 0 Å². The third-order valence-electron chi connectivity index (χ3n) is 3.01. The van der Waals surface area contributed by atoms with Crippen molar-refractivity contribution >= 4 is 12.4 Å². The third kappa shape index (κ3) is 2.96. The average molecular weight is 226 g/mol. The zero-order chi connectivity index (χ0) is 9.80. The fraction of sp³-hybridized carbons (Fsp3) is 0.538. The average Bonchev–Trinajstić information content (AvgIpc) is 2.26. The molecule has 1 aliphatic rings. The van der Waals surface area contributed by atoms with Crippen LogP contribution < -0.4 is 5.32 Å². The van der Waals surface area contributed by atoms with E-state index in [1.807, 2.05) is 0 Å². The standard InChI is InChI=1S/C13H19N.ClH/c1-2-10-14-13-9-5-7-11-6-3-4-8-12(11)13;/h3-4,6,8,13-14H,2,5,7,9-10H2,1H3;1H. The quantitative estimate of drug-likeness (QED) is 0.831. The minimum atomic E-state index is 0. The van der Waals surface area contributed by atoms with E-state index in [4.69, 9.17) is 0 Å². The molecule has 15 heavy (non-hydrogen) atoms. The summed E-state index contributed by atoms with van der Waals surface area (Å²) in [5.41, 5.74) is 3.08. The summed E-state index contributed by atoms with van der Waals surface area (Å²) >= 11 is 0. The van der Waals surface area contributed by atoms with Gasteiger partial charge in [-0.1, -0.05) is 31.2 Å². The van der Waals surface area contributed by atoms with Crippen LogP contribution >= 0.6 is 12.4 Å². The smallest absolute Gasteiger partial charge is 0.0323 e. The van der Waals surface area contributed by atoms with Crippen LogP contribution in [0.2, 0.25) is 0 Å². The topological polar surface area (TPSA) is 12.0 Å². The van der Waals surface area contributed by atoms with Crippen LogP contribution in [0.3, 0.4) is 0 Å². The monoisotopic (exact) mass is 225 g/mol. The molecule has 1 nitrogen and oxygen atoms in total. The molecule has 0 spiro atoms. The van der Waals surface area contributed by atoms with Crippen molar-refractivity contribution in [1.29, 1.82) is 0 Å². The highest BCUT2D eigenvalue weighted by Crippen LogP contribution is 2.29. The lowest BCUT2D eigenvalue weighted by Crippen LogP contribution is -2.25. The first-order valence-corrected chi connectivity index (χ1v) is 5.73. The van der Waals surface area contributed by atoms with Crippen molar-refractivity contribution in [2.75, 3.05) is 6.54 Å². The minimum Gasteiger partial charge on any atom is -0.310 e. The highest BCUT2D eigenvalue weighted by atomic mass is 35.5. The van der Waals surface area contributed by atoms with E-state index in [-0.39, 0.29) is 12.4 Å². The Morgan fingerprint density at radius 3 is 2.93 bits per heavy atom. The number of benzene rings is 1. The van der Waals surface area contributed by atoms with E-state index < -0.39 is 0 Å². The molecule has 0 radical (unpaired) electrons. The van der Waals surface area contributed by atoms with E-state index in [0.29, 0.717) is 6.04 Å². The second-order valence-electron chi connectivity index (χ2n) is 4.10. The lowest BCUT2D eigenvalue weighted by Gasteiger charge is -2.26. The predicted molar refractivity (Wildman–Crippen MR) is 67.7 cm³/mol. The van der Waals surface area contributed by atoms with Crippen molar-refractivity contribution in [2.45, 2.75) is 38.6 Å². The van der Waals surface area contributed by atoms with Crippen molar-refractivity contribution in [1.82, 2.24) is 5.32 Å². The molecule has 0 saturated carbocycles. The Labute approximate surface area is 98.7 Å². The van der Waals surface area contributed by atoms with Crippen molar-refractivity contribution in [3.8, 4) is 0 Å². The van der Waals surface area contributed by atoms with Gasteiger partial charge in [0, 0.05) is 6.04 Å². The molecule has 1 atom stereocenters. The first-order chi connectivity index (χ1) is 6.92. The van der Waals surface area contributed by atoms with Crippen LogP contribution in [0.5, 0.6) is 0 Å². The maximum absolute atomic E-state index is 3.63. The molecule has 0 heterocycles. The number of hydrogen-bond acceptors (Lipinski definition) is 1. The summed E-state index contributed by atoms with van der Waals surface area (Å²) in [5, 5.41) is 3.63. The Morgan fingerprint density at radius 1 is 1.33 bits per heavy atom. The van der Waals surface area contributed by atoms with E-state index >= 15 is 0 Å². The van der Waals surface area contributed by atoms with Crippen LogP contribution in [0.25, 0.3) is 0 Å². The lowest BCUT2D eigenvalue weighted by molar-refractivity contribution is 0.460. The van der Waals surface area contributed by atoms with E-state index in [2.05, 4.69) is 36.5 Å². The highest BCUT2D eigenvalue weighted by molar-refractivity contribution is 5.85. The molecule has 1 N–H and O–H groups in total. The van der Waals surface area contributed by atoms with Gasteiger partial charge < -0.3 is 5.32 Å². The Hall–Kier alpha value is -0.530. The Morgan fingerprint density at radius 2 is 2.13 bits per heavy atom. The number of fused-ring (bicyclic) bond motifs is 1. The predicted octanol–water partition coefficient (Wildman–Crippen LogP) is 3.49. The van der Waals surface area contributed by atoms with Crippen LogP contribution in [0.4, 0.5) is 0 Å². The van der Waals surface area contributed by atoms with E-state index in [9.17, 15) is 0 Å². The fourth-order valence-electron chi connectivity index (χ4n) is 2.28. The van der Waals surface area contributed by atoms with Crippen LogP contribution in [-0.4, -0.2) is 6.54 Å². The van der Waals surface area contributed by atoms with Gasteiger partial charge in [0.05, 0.1) is 0 Å². The van der Waals surface area contributed by atoms with E-state index in [1.165, 1.54) is 31.2 Å². The molecule has 2 heteroatoms. The second-order valence-corrected chi connectivity index (χ2v) is 4.10. The fourth-order valence-corrected chi connectivity index (χ4v) is 2.28. The molecule has 0 amide bonds. The molecule has 0 fully saturated rings. The summed E-state index contributed by atoms with van der Waals surface area (Å²) in [4.78, 5) is 0. The summed E-state index contributed by atoms with van der Waals surface area (Å²) in [6.07, 6.45) is 5.12. The van der Waals surface area contributed by atoms with Gasteiger partial charge in [-0.05, 0) is 43.4 Å². The Balaban J connectivity index is 0.00000112. The maximum Gasteiger partial charge on any atom is 0.0323 e. The SMILES string of the molecule is CCCNC1CCCc2ccccc21.Cl. The molecule has 1 aliphatic carbocycles. The second kappa shape index (κ2) is 6.14. The number of rotatable bonds is 3. The van der Waals surface area contributed by atoms with Gasteiger partial charge in [0.25, 0.3) is 0 Å². The van der Waals surface area contributed by atoms with Crippen LogP contribution in [0.15, 0.2) is 24.3 Å². The minimum absolute atomic E-state index is 0. The Bertz CT molecular complexity index is 298. The molecule has 0 aromatic heterocycles. The number of aryl methyl sites for hydroxylation is 1. The lowest BCUT2D eigenvalue weighted by atomic mass is 9.88. The van der Waals surface area contributed by atoms with Gasteiger partial charge in [-0.3, -0.25) is 0 Å². The first kappa shape index (κ1) is 12.5. The van der Waals surface area contributed by atoms with Crippen molar-refractivity contribution in [2.24, 2.45) is 0 Å². The molecule has 1 aromatic rings. The third-order valence-corrected chi connectivity index (χ3v) is 3.01. The zero-order valence-electron chi connectivity index (χ0n) is 9.33. The van der Waals surface area contributed by atoms with Crippen molar-refractivity contribution < 1.29 is 0 Å². The summed E-state index contributed by atoms with van der Waals surface area (Å²) < 4.78 is 0. The summed E-state index contributed by atoms with van der Waals surface area (Å²) in [6, 6.07) is 9.47. The summed E-state index contributed by atoms with van der Waals surface area (Å²) in [6.45, 7) is 3.36. The normalized spacial score (nSPS) is 19.1. The Kier molecular flexibility index (Phi) is 5.13.